The summed E-state index contributed by atoms with van der Waals surface area (Å²) < 4.78 is 7.60. The highest BCUT2D eigenvalue weighted by Crippen LogP contribution is 2.28. The number of ether oxygens (including phenoxy) is 1. The molecule has 0 bridgehead atoms. The van der Waals surface area contributed by atoms with Crippen LogP contribution in [0.25, 0.3) is 10.9 Å². The van der Waals surface area contributed by atoms with Crippen molar-refractivity contribution < 1.29 is 4.74 Å². The maximum Gasteiger partial charge on any atom is 0.128 e. The summed E-state index contributed by atoms with van der Waals surface area (Å²) in [6.07, 6.45) is 7.32. The highest BCUT2D eigenvalue weighted by molar-refractivity contribution is 5.86. The first-order chi connectivity index (χ1) is 8.77. The second-order valence-electron chi connectivity index (χ2n) is 4.30. The topological polar surface area (TPSA) is 26.2 Å². The fourth-order valence-corrected chi connectivity index (χ4v) is 2.17. The minimum atomic E-state index is 0.350. The van der Waals surface area contributed by atoms with E-state index in [1.807, 2.05) is 12.1 Å². The van der Waals surface area contributed by atoms with Crippen LogP contribution >= 0.6 is 0 Å². The van der Waals surface area contributed by atoms with Crippen LogP contribution in [0.2, 0.25) is 0 Å². The molecule has 1 unspecified atom stereocenters. The molecule has 3 nitrogen and oxygen atoms in total. The van der Waals surface area contributed by atoms with Crippen LogP contribution in [0, 0.1) is 12.3 Å². The smallest absolute Gasteiger partial charge is 0.128 e. The van der Waals surface area contributed by atoms with Gasteiger partial charge < -0.3 is 14.6 Å². The second-order valence-corrected chi connectivity index (χ2v) is 4.30. The summed E-state index contributed by atoms with van der Waals surface area (Å²) in [4.78, 5) is 0. The quantitative estimate of drug-likeness (QED) is 0.644. The van der Waals surface area contributed by atoms with Crippen LogP contribution in [0.3, 0.4) is 0 Å². The van der Waals surface area contributed by atoms with Crippen molar-refractivity contribution in [2.75, 3.05) is 20.2 Å². The van der Waals surface area contributed by atoms with Crippen LogP contribution in [0.4, 0.5) is 0 Å². The zero-order valence-electron chi connectivity index (χ0n) is 10.8. The Morgan fingerprint density at radius 2 is 2.28 bits per heavy atom. The largest absolute Gasteiger partial charge is 0.496 e. The Morgan fingerprint density at radius 3 is 3.00 bits per heavy atom. The maximum absolute atomic E-state index is 5.36. The Kier molecular flexibility index (Phi) is 3.91. The molecule has 0 amide bonds. The summed E-state index contributed by atoms with van der Waals surface area (Å²) in [5.74, 6) is 3.50. The van der Waals surface area contributed by atoms with Crippen LogP contribution in [0.5, 0.6) is 5.75 Å². The molecule has 0 fully saturated rings. The average Bonchev–Trinajstić information content (AvgIpc) is 2.82. The highest BCUT2D eigenvalue weighted by atomic mass is 16.5. The van der Waals surface area contributed by atoms with Crippen molar-refractivity contribution in [3.8, 4) is 18.1 Å². The van der Waals surface area contributed by atoms with E-state index >= 15 is 0 Å². The average molecular weight is 242 g/mol. The van der Waals surface area contributed by atoms with E-state index in [1.54, 1.807) is 7.11 Å². The van der Waals surface area contributed by atoms with E-state index in [-0.39, 0.29) is 0 Å². The van der Waals surface area contributed by atoms with Gasteiger partial charge in [0, 0.05) is 24.2 Å². The van der Waals surface area contributed by atoms with Gasteiger partial charge in [0.1, 0.15) is 5.75 Å². The molecule has 1 atom stereocenters. The standard InChI is InChI=1S/C15H18N2O/c1-4-9-16-11-12(2)17-10-8-13-14(17)6-5-7-15(13)18-3/h1,5-8,10,12,16H,9,11H2,2-3H3. The molecule has 94 valence electrons. The number of rotatable bonds is 5. The minimum absolute atomic E-state index is 0.350. The van der Waals surface area contributed by atoms with E-state index in [1.165, 1.54) is 5.52 Å². The van der Waals surface area contributed by atoms with E-state index < -0.39 is 0 Å². The number of hydrogen-bond acceptors (Lipinski definition) is 2. The number of nitrogens with one attached hydrogen (secondary N) is 1. The molecule has 0 radical (unpaired) electrons. The summed E-state index contributed by atoms with van der Waals surface area (Å²) >= 11 is 0. The van der Waals surface area contributed by atoms with Crippen LogP contribution < -0.4 is 10.1 Å². The van der Waals surface area contributed by atoms with Crippen LogP contribution in [0.1, 0.15) is 13.0 Å². The van der Waals surface area contributed by atoms with Crippen LogP contribution in [-0.4, -0.2) is 24.8 Å². The van der Waals surface area contributed by atoms with E-state index in [9.17, 15) is 0 Å². The number of terminal acetylenes is 1. The molecule has 0 aliphatic rings. The van der Waals surface area contributed by atoms with Gasteiger partial charge in [-0.05, 0) is 25.1 Å². The highest BCUT2D eigenvalue weighted by Gasteiger charge is 2.10. The van der Waals surface area contributed by atoms with E-state index in [2.05, 4.69) is 41.1 Å². The molecule has 2 rings (SSSR count). The van der Waals surface area contributed by atoms with Crippen molar-refractivity contribution in [1.82, 2.24) is 9.88 Å². The van der Waals surface area contributed by atoms with Gasteiger partial charge >= 0.3 is 0 Å². The zero-order chi connectivity index (χ0) is 13.0. The molecule has 0 saturated carbocycles. The summed E-state index contributed by atoms with van der Waals surface area (Å²) in [6, 6.07) is 8.54. The van der Waals surface area contributed by atoms with Crippen molar-refractivity contribution in [1.29, 1.82) is 0 Å². The lowest BCUT2D eigenvalue weighted by Crippen LogP contribution is -2.23. The summed E-state index contributed by atoms with van der Waals surface area (Å²) in [7, 11) is 1.70. The SMILES string of the molecule is C#CCNCC(C)n1ccc2c(OC)cccc21. The Balaban J connectivity index is 2.26. The maximum atomic E-state index is 5.36. The van der Waals surface area contributed by atoms with Crippen molar-refractivity contribution in [2.24, 2.45) is 0 Å². The monoisotopic (exact) mass is 242 g/mol. The molecule has 0 saturated heterocycles. The number of benzene rings is 1. The summed E-state index contributed by atoms with van der Waals surface area (Å²) in [5.41, 5.74) is 1.18. The Morgan fingerprint density at radius 1 is 1.44 bits per heavy atom. The van der Waals surface area contributed by atoms with E-state index in [4.69, 9.17) is 11.2 Å². The molecule has 18 heavy (non-hydrogen) atoms. The lowest BCUT2D eigenvalue weighted by atomic mass is 10.2. The Bertz CT molecular complexity index is 565. The molecule has 1 heterocycles. The normalized spacial score (nSPS) is 12.3. The molecule has 3 heteroatoms. The molecular formula is C15H18N2O. The Hall–Kier alpha value is -1.92. The van der Waals surface area contributed by atoms with Gasteiger partial charge in [-0.2, -0.15) is 0 Å². The number of methoxy groups -OCH3 is 1. The van der Waals surface area contributed by atoms with Gasteiger partial charge in [-0.1, -0.05) is 12.0 Å². The molecule has 0 aliphatic carbocycles. The predicted octanol–water partition coefficient (Wildman–Crippen LogP) is 2.43. The van der Waals surface area contributed by atoms with Gasteiger partial charge in [-0.25, -0.2) is 0 Å². The summed E-state index contributed by atoms with van der Waals surface area (Å²) in [5, 5.41) is 4.37. The molecule has 0 spiro atoms. The van der Waals surface area contributed by atoms with Crippen LogP contribution in [0.15, 0.2) is 30.5 Å². The third kappa shape index (κ3) is 2.34. The third-order valence-corrected chi connectivity index (χ3v) is 3.08. The number of fused-ring (bicyclic) bond motifs is 1. The van der Waals surface area contributed by atoms with Gasteiger partial charge in [0.25, 0.3) is 0 Å². The minimum Gasteiger partial charge on any atom is -0.496 e. The molecule has 1 aromatic heterocycles. The van der Waals surface area contributed by atoms with Gasteiger partial charge in [0.15, 0.2) is 0 Å². The molecule has 1 aromatic carbocycles. The summed E-state index contributed by atoms with van der Waals surface area (Å²) in [6.45, 7) is 3.63. The molecule has 2 aromatic rings. The molecule has 0 aliphatic heterocycles. The van der Waals surface area contributed by atoms with Crippen molar-refractivity contribution in [3.05, 3.63) is 30.5 Å². The second kappa shape index (κ2) is 5.61. The van der Waals surface area contributed by atoms with E-state index in [0.717, 1.165) is 17.7 Å². The lowest BCUT2D eigenvalue weighted by molar-refractivity contribution is 0.419. The van der Waals surface area contributed by atoms with Crippen LogP contribution in [-0.2, 0) is 0 Å². The number of aromatic nitrogens is 1. The first kappa shape index (κ1) is 12.5. The molecule has 1 N–H and O–H groups in total. The van der Waals surface area contributed by atoms with Crippen molar-refractivity contribution in [3.63, 3.8) is 0 Å². The van der Waals surface area contributed by atoms with Gasteiger partial charge in [-0.3, -0.25) is 0 Å². The third-order valence-electron chi connectivity index (χ3n) is 3.08. The van der Waals surface area contributed by atoms with Crippen molar-refractivity contribution in [2.45, 2.75) is 13.0 Å². The molecular weight excluding hydrogens is 224 g/mol. The van der Waals surface area contributed by atoms with Gasteiger partial charge in [-0.15, -0.1) is 6.42 Å². The number of hydrogen-bond donors (Lipinski definition) is 1. The van der Waals surface area contributed by atoms with E-state index in [0.29, 0.717) is 12.6 Å². The first-order valence-electron chi connectivity index (χ1n) is 6.05. The lowest BCUT2D eigenvalue weighted by Gasteiger charge is -2.15. The Labute approximate surface area is 108 Å². The zero-order valence-corrected chi connectivity index (χ0v) is 10.8. The fraction of sp³-hybridized carbons (Fsp3) is 0.333. The predicted molar refractivity (Wildman–Crippen MR) is 74.9 cm³/mol. The first-order valence-corrected chi connectivity index (χ1v) is 6.05. The van der Waals surface area contributed by atoms with Gasteiger partial charge in [0.05, 0.1) is 19.2 Å². The van der Waals surface area contributed by atoms with Crippen molar-refractivity contribution >= 4 is 10.9 Å². The fourth-order valence-electron chi connectivity index (χ4n) is 2.17. The number of nitrogens with zero attached hydrogens (tertiary/aromatic N) is 1. The van der Waals surface area contributed by atoms with Gasteiger partial charge in [0.2, 0.25) is 0 Å².